The summed E-state index contributed by atoms with van der Waals surface area (Å²) >= 11 is 1.31. The highest BCUT2D eigenvalue weighted by Crippen LogP contribution is 2.25. The molecule has 132 valence electrons. The van der Waals surface area contributed by atoms with E-state index in [1.807, 2.05) is 24.0 Å². The van der Waals surface area contributed by atoms with Gasteiger partial charge in [-0.15, -0.1) is 0 Å². The SMILES string of the molecule is Cc1cc(N)nc(SCC(=O)N(Cc2ccco2)C2=CCCCC2)n1. The standard InChI is InChI=1S/C18H22N4O2S/c1-13-10-16(19)21-18(20-13)25-12-17(23)22(11-15-8-5-9-24-15)14-6-3-2-4-7-14/h5-6,8-10H,2-4,7,11-12H2,1H3,(H2,19,20,21). The van der Waals surface area contributed by atoms with Gasteiger partial charge in [0.15, 0.2) is 5.16 Å². The predicted octanol–water partition coefficient (Wildman–Crippen LogP) is 3.54. The number of thioether (sulfide) groups is 1. The minimum Gasteiger partial charge on any atom is -0.467 e. The molecule has 2 aromatic heterocycles. The number of amides is 1. The predicted molar refractivity (Wildman–Crippen MR) is 97.7 cm³/mol. The topological polar surface area (TPSA) is 85.2 Å². The van der Waals surface area contributed by atoms with E-state index >= 15 is 0 Å². The van der Waals surface area contributed by atoms with E-state index in [1.165, 1.54) is 18.2 Å². The Balaban J connectivity index is 1.70. The van der Waals surface area contributed by atoms with Crippen LogP contribution in [-0.4, -0.2) is 26.5 Å². The average Bonchev–Trinajstić information content (AvgIpc) is 3.11. The number of anilines is 1. The van der Waals surface area contributed by atoms with E-state index in [0.29, 0.717) is 17.5 Å². The van der Waals surface area contributed by atoms with Crippen molar-refractivity contribution in [3.8, 4) is 0 Å². The first kappa shape index (κ1) is 17.5. The molecule has 1 aliphatic carbocycles. The maximum absolute atomic E-state index is 12.8. The van der Waals surface area contributed by atoms with Crippen molar-refractivity contribution < 1.29 is 9.21 Å². The first-order chi connectivity index (χ1) is 12.1. The molecule has 0 unspecified atom stereocenters. The van der Waals surface area contributed by atoms with Gasteiger partial charge in [0.2, 0.25) is 5.91 Å². The monoisotopic (exact) mass is 358 g/mol. The number of rotatable bonds is 6. The van der Waals surface area contributed by atoms with Gasteiger partial charge >= 0.3 is 0 Å². The van der Waals surface area contributed by atoms with E-state index in [4.69, 9.17) is 10.2 Å². The lowest BCUT2D eigenvalue weighted by atomic mass is 10.0. The molecule has 7 heteroatoms. The van der Waals surface area contributed by atoms with Gasteiger partial charge in [0, 0.05) is 17.5 Å². The number of hydrogen-bond donors (Lipinski definition) is 1. The number of nitrogens with two attached hydrogens (primary N) is 1. The molecular formula is C18H22N4O2S. The maximum atomic E-state index is 12.8. The molecule has 2 heterocycles. The van der Waals surface area contributed by atoms with E-state index in [2.05, 4.69) is 16.0 Å². The Hall–Kier alpha value is -2.28. The molecule has 25 heavy (non-hydrogen) atoms. The van der Waals surface area contributed by atoms with Crippen LogP contribution in [0.4, 0.5) is 5.82 Å². The fraction of sp³-hybridized carbons (Fsp3) is 0.389. The normalized spacial score (nSPS) is 14.2. The molecule has 0 fully saturated rings. The van der Waals surface area contributed by atoms with Crippen molar-refractivity contribution in [3.63, 3.8) is 0 Å². The molecule has 0 saturated carbocycles. The number of furan rings is 1. The number of hydrogen-bond acceptors (Lipinski definition) is 6. The van der Waals surface area contributed by atoms with Crippen LogP contribution in [0.1, 0.15) is 37.1 Å². The van der Waals surface area contributed by atoms with Crippen LogP contribution >= 0.6 is 11.8 Å². The van der Waals surface area contributed by atoms with E-state index < -0.39 is 0 Å². The molecule has 0 aromatic carbocycles. The van der Waals surface area contributed by atoms with Crippen molar-refractivity contribution in [1.82, 2.24) is 14.9 Å². The molecule has 3 rings (SSSR count). The molecule has 1 amide bonds. The van der Waals surface area contributed by atoms with Crippen LogP contribution in [0.3, 0.4) is 0 Å². The smallest absolute Gasteiger partial charge is 0.237 e. The van der Waals surface area contributed by atoms with Gasteiger partial charge < -0.3 is 15.1 Å². The lowest BCUT2D eigenvalue weighted by Gasteiger charge is -2.27. The van der Waals surface area contributed by atoms with Crippen LogP contribution in [0.5, 0.6) is 0 Å². The quantitative estimate of drug-likeness (QED) is 0.628. The molecule has 0 saturated heterocycles. The molecular weight excluding hydrogens is 336 g/mol. The zero-order valence-electron chi connectivity index (χ0n) is 14.3. The van der Waals surface area contributed by atoms with Crippen molar-refractivity contribution in [1.29, 1.82) is 0 Å². The third-order valence-electron chi connectivity index (χ3n) is 3.99. The van der Waals surface area contributed by atoms with Crippen LogP contribution in [0, 0.1) is 6.92 Å². The van der Waals surface area contributed by atoms with E-state index in [9.17, 15) is 4.79 Å². The second kappa shape index (κ2) is 8.20. The minimum atomic E-state index is 0.0261. The summed E-state index contributed by atoms with van der Waals surface area (Å²) in [5.41, 5.74) is 7.63. The van der Waals surface area contributed by atoms with Gasteiger partial charge in [-0.3, -0.25) is 4.79 Å². The fourth-order valence-electron chi connectivity index (χ4n) is 2.81. The van der Waals surface area contributed by atoms with Crippen LogP contribution < -0.4 is 5.73 Å². The van der Waals surface area contributed by atoms with Crippen LogP contribution in [0.2, 0.25) is 0 Å². The molecule has 0 atom stereocenters. The summed E-state index contributed by atoms with van der Waals surface area (Å²) in [5.74, 6) is 1.49. The van der Waals surface area contributed by atoms with Crippen molar-refractivity contribution in [2.24, 2.45) is 0 Å². The van der Waals surface area contributed by atoms with Gasteiger partial charge in [-0.05, 0) is 44.7 Å². The van der Waals surface area contributed by atoms with Gasteiger partial charge in [0.05, 0.1) is 18.6 Å². The second-order valence-corrected chi connectivity index (χ2v) is 6.95. The van der Waals surface area contributed by atoms with Crippen LogP contribution in [0.15, 0.2) is 45.8 Å². The lowest BCUT2D eigenvalue weighted by molar-refractivity contribution is -0.127. The molecule has 0 radical (unpaired) electrons. The van der Waals surface area contributed by atoms with E-state index in [1.54, 1.807) is 12.3 Å². The number of carbonyl (C=O) groups is 1. The Kier molecular flexibility index (Phi) is 5.75. The van der Waals surface area contributed by atoms with Crippen LogP contribution in [0.25, 0.3) is 0 Å². The first-order valence-electron chi connectivity index (χ1n) is 8.37. The van der Waals surface area contributed by atoms with E-state index in [0.717, 1.165) is 36.4 Å². The first-order valence-corrected chi connectivity index (χ1v) is 9.36. The largest absolute Gasteiger partial charge is 0.467 e. The number of allylic oxidation sites excluding steroid dienone is 2. The summed E-state index contributed by atoms with van der Waals surface area (Å²) in [6.07, 6.45) is 8.02. The van der Waals surface area contributed by atoms with E-state index in [-0.39, 0.29) is 11.7 Å². The summed E-state index contributed by atoms with van der Waals surface area (Å²) < 4.78 is 5.43. The highest BCUT2D eigenvalue weighted by atomic mass is 32.2. The molecule has 6 nitrogen and oxygen atoms in total. The second-order valence-electron chi connectivity index (χ2n) is 6.01. The lowest BCUT2D eigenvalue weighted by Crippen LogP contribution is -2.32. The maximum Gasteiger partial charge on any atom is 0.237 e. The minimum absolute atomic E-state index is 0.0261. The van der Waals surface area contributed by atoms with Crippen molar-refractivity contribution in [3.05, 3.63) is 47.7 Å². The number of aromatic nitrogens is 2. The van der Waals surface area contributed by atoms with Gasteiger partial charge in [-0.1, -0.05) is 17.8 Å². The molecule has 0 aliphatic heterocycles. The summed E-state index contributed by atoms with van der Waals surface area (Å²) in [6, 6.07) is 5.44. The van der Waals surface area contributed by atoms with Gasteiger partial charge in [0.1, 0.15) is 11.6 Å². The zero-order valence-corrected chi connectivity index (χ0v) is 15.1. The van der Waals surface area contributed by atoms with Crippen LogP contribution in [-0.2, 0) is 11.3 Å². The zero-order chi connectivity index (χ0) is 17.6. The summed E-state index contributed by atoms with van der Waals surface area (Å²) in [7, 11) is 0. The Morgan fingerprint density at radius 3 is 2.96 bits per heavy atom. The summed E-state index contributed by atoms with van der Waals surface area (Å²) in [6.45, 7) is 2.31. The van der Waals surface area contributed by atoms with Gasteiger partial charge in [-0.25, -0.2) is 9.97 Å². The summed E-state index contributed by atoms with van der Waals surface area (Å²) in [4.78, 5) is 23.2. The number of aryl methyl sites for hydroxylation is 1. The number of nitrogen functional groups attached to an aromatic ring is 1. The molecule has 0 spiro atoms. The fourth-order valence-corrected chi connectivity index (χ4v) is 3.60. The van der Waals surface area contributed by atoms with Crippen molar-refractivity contribution >= 4 is 23.5 Å². The molecule has 1 aliphatic rings. The third-order valence-corrected chi connectivity index (χ3v) is 4.82. The van der Waals surface area contributed by atoms with Crippen molar-refractivity contribution in [2.75, 3.05) is 11.5 Å². The molecule has 2 aromatic rings. The molecule has 0 bridgehead atoms. The molecule has 2 N–H and O–H groups in total. The summed E-state index contributed by atoms with van der Waals surface area (Å²) in [5, 5.41) is 0.529. The van der Waals surface area contributed by atoms with Crippen molar-refractivity contribution in [2.45, 2.75) is 44.3 Å². The average molecular weight is 358 g/mol. The Labute approximate surface area is 151 Å². The Bertz CT molecular complexity index is 738. The van der Waals surface area contributed by atoms with Gasteiger partial charge in [-0.2, -0.15) is 0 Å². The number of carbonyl (C=O) groups excluding carboxylic acids is 1. The number of nitrogens with zero attached hydrogens (tertiary/aromatic N) is 3. The Morgan fingerprint density at radius 2 is 2.28 bits per heavy atom. The Morgan fingerprint density at radius 1 is 1.40 bits per heavy atom. The highest BCUT2D eigenvalue weighted by Gasteiger charge is 2.21. The highest BCUT2D eigenvalue weighted by molar-refractivity contribution is 7.99. The van der Waals surface area contributed by atoms with Gasteiger partial charge in [0.25, 0.3) is 0 Å². The third kappa shape index (κ3) is 4.85.